The molecule has 0 fully saturated rings. The third-order valence-corrected chi connectivity index (χ3v) is 3.26. The summed E-state index contributed by atoms with van der Waals surface area (Å²) < 4.78 is 32.7. The Labute approximate surface area is 130 Å². The summed E-state index contributed by atoms with van der Waals surface area (Å²) in [5.41, 5.74) is 1.86. The van der Waals surface area contributed by atoms with Gasteiger partial charge in [0.2, 0.25) is 0 Å². The minimum absolute atomic E-state index is 0. The van der Waals surface area contributed by atoms with Crippen molar-refractivity contribution in [3.63, 3.8) is 0 Å². The first-order valence-corrected chi connectivity index (χ1v) is 6.87. The number of fused-ring (bicyclic) bond motifs is 1. The number of rotatable bonds is 2. The first-order chi connectivity index (χ1) is 7.77. The maximum absolute atomic E-state index is 10.9. The Hall–Kier alpha value is -0.330. The number of para-hydroxylation sites is 1. The number of nitrogens with one attached hydrogen (secondary N) is 1. The second-order valence-corrected chi connectivity index (χ2v) is 6.17. The summed E-state index contributed by atoms with van der Waals surface area (Å²) in [5, 5.41) is 3.28. The van der Waals surface area contributed by atoms with Crippen molar-refractivity contribution in [3.05, 3.63) is 35.9 Å². The Morgan fingerprint density at radius 3 is 2.50 bits per heavy atom. The van der Waals surface area contributed by atoms with Crippen LogP contribution in [0, 0.1) is 0 Å². The van der Waals surface area contributed by atoms with Crippen LogP contribution in [0.4, 0.5) is 5.69 Å². The normalized spacial score (nSPS) is 16.9. The van der Waals surface area contributed by atoms with Gasteiger partial charge < -0.3 is 9.87 Å². The monoisotopic (exact) mass is 275 g/mol. The summed E-state index contributed by atoms with van der Waals surface area (Å²) >= 11 is 0. The van der Waals surface area contributed by atoms with Crippen molar-refractivity contribution in [2.24, 2.45) is 0 Å². The molecule has 1 aromatic carbocycles. The molecule has 1 aliphatic heterocycles. The molecule has 0 aliphatic carbocycles. The van der Waals surface area contributed by atoms with Crippen LogP contribution in [0.15, 0.2) is 30.3 Å². The zero-order chi connectivity index (χ0) is 12.7. The molecule has 2 rings (SSSR count). The molecule has 0 atom stereocenters. The fraction of sp³-hybridized carbons (Fsp3) is 0.333. The van der Waals surface area contributed by atoms with Crippen LogP contribution in [-0.4, -0.2) is 24.3 Å². The fourth-order valence-electron chi connectivity index (χ4n) is 2.08. The summed E-state index contributed by atoms with van der Waals surface area (Å²) in [6, 6.07) is 7.39. The van der Waals surface area contributed by atoms with Crippen molar-refractivity contribution in [2.75, 3.05) is 11.1 Å². The molecular weight excluding hydrogens is 261 g/mol. The Balaban J connectivity index is 0.00000162. The topological polar surface area (TPSA) is 69.2 Å². The van der Waals surface area contributed by atoms with E-state index in [0.29, 0.717) is 5.57 Å². The Morgan fingerprint density at radius 2 is 1.89 bits per heavy atom. The number of hydrogen-bond donors (Lipinski definition) is 1. The van der Waals surface area contributed by atoms with Crippen LogP contribution >= 0.6 is 0 Å². The second-order valence-electron chi connectivity index (χ2n) is 4.76. The molecule has 0 bridgehead atoms. The van der Waals surface area contributed by atoms with E-state index in [1.165, 1.54) is 0 Å². The summed E-state index contributed by atoms with van der Waals surface area (Å²) in [5.74, 6) is -0.463. The molecule has 0 unspecified atom stereocenters. The third kappa shape index (κ3) is 3.83. The van der Waals surface area contributed by atoms with Crippen molar-refractivity contribution in [3.8, 4) is 0 Å². The van der Waals surface area contributed by atoms with Crippen molar-refractivity contribution in [1.29, 1.82) is 0 Å². The van der Waals surface area contributed by atoms with Gasteiger partial charge in [0.15, 0.2) is 0 Å². The Bertz CT molecular complexity index is 579. The maximum Gasteiger partial charge on any atom is 1.00 e. The summed E-state index contributed by atoms with van der Waals surface area (Å²) in [7, 11) is -4.26. The first-order valence-electron chi connectivity index (χ1n) is 5.30. The summed E-state index contributed by atoms with van der Waals surface area (Å²) in [4.78, 5) is 0. The van der Waals surface area contributed by atoms with E-state index in [4.69, 9.17) is 0 Å². The van der Waals surface area contributed by atoms with Crippen LogP contribution in [0.1, 0.15) is 19.4 Å². The smallest absolute Gasteiger partial charge is 0.748 e. The number of hydrogen-bond acceptors (Lipinski definition) is 4. The van der Waals surface area contributed by atoms with E-state index in [1.54, 1.807) is 6.08 Å². The zero-order valence-electron chi connectivity index (χ0n) is 10.7. The quantitative estimate of drug-likeness (QED) is 0.545. The van der Waals surface area contributed by atoms with Gasteiger partial charge in [0.05, 0.1) is 21.4 Å². The van der Waals surface area contributed by atoms with Crippen LogP contribution < -0.4 is 34.9 Å². The van der Waals surface area contributed by atoms with E-state index >= 15 is 0 Å². The summed E-state index contributed by atoms with van der Waals surface area (Å²) in [6.45, 7) is 3.86. The van der Waals surface area contributed by atoms with Crippen LogP contribution in [0.3, 0.4) is 0 Å². The van der Waals surface area contributed by atoms with Gasteiger partial charge in [-0.3, -0.25) is 0 Å². The molecule has 0 radical (unpaired) electrons. The average Bonchev–Trinajstić information content (AvgIpc) is 2.13. The van der Waals surface area contributed by atoms with Gasteiger partial charge in [-0.15, -0.1) is 0 Å². The molecule has 92 valence electrons. The second kappa shape index (κ2) is 5.35. The van der Waals surface area contributed by atoms with Gasteiger partial charge in [-0.05, 0) is 25.5 Å². The third-order valence-electron chi connectivity index (χ3n) is 2.60. The van der Waals surface area contributed by atoms with Gasteiger partial charge in [-0.2, -0.15) is 0 Å². The van der Waals surface area contributed by atoms with Crippen molar-refractivity contribution < 1.29 is 42.5 Å². The number of benzene rings is 1. The van der Waals surface area contributed by atoms with Gasteiger partial charge in [-0.1, -0.05) is 24.3 Å². The standard InChI is InChI=1S/C12H15NO3S.Na/c1-12(2)7-9(8-17(14,15)16)10-5-3-4-6-11(10)13-12;/h3-7,13H,8H2,1-2H3,(H,14,15,16);/q;+1/p-1. The molecule has 0 spiro atoms. The predicted molar refractivity (Wildman–Crippen MR) is 66.7 cm³/mol. The minimum Gasteiger partial charge on any atom is -0.748 e. The molecule has 0 saturated heterocycles. The van der Waals surface area contributed by atoms with Gasteiger partial charge >= 0.3 is 29.6 Å². The average molecular weight is 275 g/mol. The van der Waals surface area contributed by atoms with Crippen molar-refractivity contribution in [1.82, 2.24) is 0 Å². The molecule has 18 heavy (non-hydrogen) atoms. The predicted octanol–water partition coefficient (Wildman–Crippen LogP) is -1.18. The Kier molecular flexibility index (Phi) is 4.67. The van der Waals surface area contributed by atoms with Gasteiger partial charge in [0, 0.05) is 11.3 Å². The van der Waals surface area contributed by atoms with E-state index in [-0.39, 0.29) is 35.1 Å². The largest absolute Gasteiger partial charge is 1.00 e. The van der Waals surface area contributed by atoms with Crippen LogP contribution in [-0.2, 0) is 10.1 Å². The SMILES string of the molecule is CC1(C)C=C(CS(=O)(=O)[O-])c2ccccc2N1.[Na+]. The van der Waals surface area contributed by atoms with E-state index in [9.17, 15) is 13.0 Å². The zero-order valence-corrected chi connectivity index (χ0v) is 13.5. The van der Waals surface area contributed by atoms with Crippen molar-refractivity contribution in [2.45, 2.75) is 19.4 Å². The summed E-state index contributed by atoms with van der Waals surface area (Å²) in [6.07, 6.45) is 1.80. The molecule has 4 nitrogen and oxygen atoms in total. The van der Waals surface area contributed by atoms with Crippen LogP contribution in [0.25, 0.3) is 5.57 Å². The van der Waals surface area contributed by atoms with E-state index in [2.05, 4.69) is 5.32 Å². The van der Waals surface area contributed by atoms with E-state index in [0.717, 1.165) is 11.3 Å². The molecule has 1 aromatic rings. The maximum atomic E-state index is 10.9. The fourth-order valence-corrected chi connectivity index (χ4v) is 2.70. The molecule has 0 aromatic heterocycles. The molecule has 1 heterocycles. The minimum atomic E-state index is -4.26. The molecule has 6 heteroatoms. The van der Waals surface area contributed by atoms with E-state index < -0.39 is 15.9 Å². The van der Waals surface area contributed by atoms with E-state index in [1.807, 2.05) is 38.1 Å². The van der Waals surface area contributed by atoms with Crippen LogP contribution in [0.2, 0.25) is 0 Å². The van der Waals surface area contributed by atoms with Crippen LogP contribution in [0.5, 0.6) is 0 Å². The molecule has 1 N–H and O–H groups in total. The van der Waals surface area contributed by atoms with Gasteiger partial charge in [0.25, 0.3) is 0 Å². The van der Waals surface area contributed by atoms with Gasteiger partial charge in [0.1, 0.15) is 0 Å². The molecule has 1 aliphatic rings. The first kappa shape index (κ1) is 15.7. The van der Waals surface area contributed by atoms with Crippen molar-refractivity contribution >= 4 is 21.4 Å². The Morgan fingerprint density at radius 1 is 1.28 bits per heavy atom. The molecular formula is C12H14NNaO3S. The number of anilines is 1. The van der Waals surface area contributed by atoms with Gasteiger partial charge in [-0.25, -0.2) is 8.42 Å². The molecule has 0 saturated carbocycles. The molecule has 0 amide bonds.